The highest BCUT2D eigenvalue weighted by Crippen LogP contribution is 2.55. The predicted octanol–water partition coefficient (Wildman–Crippen LogP) is 3.47. The van der Waals surface area contributed by atoms with E-state index in [2.05, 4.69) is 34.6 Å². The second kappa shape index (κ2) is 4.00. The minimum absolute atomic E-state index is 0.0758. The lowest BCUT2D eigenvalue weighted by atomic mass is 9.67. The lowest BCUT2D eigenvalue weighted by Gasteiger charge is -2.39. The van der Waals surface area contributed by atoms with E-state index in [4.69, 9.17) is 0 Å². The van der Waals surface area contributed by atoms with Gasteiger partial charge in [-0.25, -0.2) is 0 Å². The second-order valence-electron chi connectivity index (χ2n) is 5.10. The zero-order chi connectivity index (χ0) is 10.9. The summed E-state index contributed by atoms with van der Waals surface area (Å²) in [5, 5.41) is 9.76. The summed E-state index contributed by atoms with van der Waals surface area (Å²) in [6.45, 7) is 15.1. The Morgan fingerprint density at radius 1 is 1.00 bits per heavy atom. The Balaban J connectivity index is 0.000000671. The summed E-state index contributed by atoms with van der Waals surface area (Å²) in [7, 11) is 0. The molecule has 0 bridgehead atoms. The molecule has 0 saturated heterocycles. The molecule has 80 valence electrons. The summed E-state index contributed by atoms with van der Waals surface area (Å²) in [6, 6.07) is 0. The molecule has 2 atom stereocenters. The van der Waals surface area contributed by atoms with Crippen molar-refractivity contribution in [2.45, 2.75) is 61.0 Å². The summed E-state index contributed by atoms with van der Waals surface area (Å²) >= 11 is 0. The van der Waals surface area contributed by atoms with Gasteiger partial charge >= 0.3 is 0 Å². The van der Waals surface area contributed by atoms with E-state index in [0.717, 1.165) is 6.42 Å². The zero-order valence-corrected chi connectivity index (χ0v) is 10.3. The predicted molar refractivity (Wildman–Crippen MR) is 58.7 cm³/mol. The molecule has 1 rings (SSSR count). The average Bonchev–Trinajstić information content (AvgIpc) is 2.18. The summed E-state index contributed by atoms with van der Waals surface area (Å²) in [4.78, 5) is 0. The van der Waals surface area contributed by atoms with Crippen molar-refractivity contribution in [3.63, 3.8) is 0 Å². The smallest absolute Gasteiger partial charge is 0.0599 e. The fourth-order valence-electron chi connectivity index (χ4n) is 1.99. The largest absolute Gasteiger partial charge is 0.393 e. The molecule has 0 amide bonds. The average molecular weight is 186 g/mol. The second-order valence-corrected chi connectivity index (χ2v) is 5.10. The third kappa shape index (κ3) is 1.90. The molecular weight excluding hydrogens is 160 g/mol. The van der Waals surface area contributed by atoms with Gasteiger partial charge < -0.3 is 5.11 Å². The van der Waals surface area contributed by atoms with Gasteiger partial charge in [0.15, 0.2) is 0 Å². The molecule has 1 aliphatic rings. The Morgan fingerprint density at radius 3 is 1.46 bits per heavy atom. The van der Waals surface area contributed by atoms with Crippen LogP contribution in [0.15, 0.2) is 0 Å². The first-order valence-electron chi connectivity index (χ1n) is 5.48. The van der Waals surface area contributed by atoms with Crippen LogP contribution in [0.2, 0.25) is 0 Å². The Labute approximate surface area is 83.5 Å². The molecule has 0 heterocycles. The SMILES string of the molecule is CC.CC1CC(O)C(C)(C)C1(C)C. The van der Waals surface area contributed by atoms with E-state index in [9.17, 15) is 5.11 Å². The van der Waals surface area contributed by atoms with Gasteiger partial charge in [0.2, 0.25) is 0 Å². The molecule has 13 heavy (non-hydrogen) atoms. The molecule has 1 nitrogen and oxygen atoms in total. The molecule has 1 fully saturated rings. The van der Waals surface area contributed by atoms with Gasteiger partial charge in [-0.05, 0) is 23.2 Å². The van der Waals surface area contributed by atoms with Gasteiger partial charge in [-0.3, -0.25) is 0 Å². The highest BCUT2D eigenvalue weighted by atomic mass is 16.3. The van der Waals surface area contributed by atoms with Crippen LogP contribution in [0, 0.1) is 16.7 Å². The van der Waals surface area contributed by atoms with Gasteiger partial charge in [-0.1, -0.05) is 48.5 Å². The normalized spacial score (nSPS) is 35.1. The van der Waals surface area contributed by atoms with Crippen LogP contribution in [-0.2, 0) is 0 Å². The van der Waals surface area contributed by atoms with Crippen molar-refractivity contribution in [2.75, 3.05) is 0 Å². The maximum absolute atomic E-state index is 9.76. The molecule has 1 N–H and O–H groups in total. The first-order valence-corrected chi connectivity index (χ1v) is 5.48. The number of hydrogen-bond acceptors (Lipinski definition) is 1. The van der Waals surface area contributed by atoms with Crippen molar-refractivity contribution >= 4 is 0 Å². The Morgan fingerprint density at radius 2 is 1.38 bits per heavy atom. The third-order valence-electron chi connectivity index (χ3n) is 4.30. The van der Waals surface area contributed by atoms with Crippen molar-refractivity contribution in [1.82, 2.24) is 0 Å². The fraction of sp³-hybridized carbons (Fsp3) is 1.00. The van der Waals surface area contributed by atoms with E-state index >= 15 is 0 Å². The number of hydrogen-bond donors (Lipinski definition) is 1. The Bertz CT molecular complexity index is 141. The molecule has 0 aromatic carbocycles. The maximum Gasteiger partial charge on any atom is 0.0599 e. The summed E-state index contributed by atoms with van der Waals surface area (Å²) in [6.07, 6.45) is 0.840. The van der Waals surface area contributed by atoms with E-state index in [0.29, 0.717) is 5.92 Å². The van der Waals surface area contributed by atoms with E-state index in [1.807, 2.05) is 13.8 Å². The zero-order valence-electron chi connectivity index (χ0n) is 10.3. The Kier molecular flexibility index (Phi) is 3.98. The number of aliphatic hydroxyl groups excluding tert-OH is 1. The van der Waals surface area contributed by atoms with Crippen molar-refractivity contribution in [1.29, 1.82) is 0 Å². The molecule has 2 unspecified atom stereocenters. The monoisotopic (exact) mass is 186 g/mol. The van der Waals surface area contributed by atoms with Gasteiger partial charge in [0.25, 0.3) is 0 Å². The van der Waals surface area contributed by atoms with Crippen LogP contribution in [0.1, 0.15) is 54.9 Å². The highest BCUT2D eigenvalue weighted by molar-refractivity contribution is 5.01. The molecule has 1 heteroatoms. The van der Waals surface area contributed by atoms with Crippen LogP contribution in [0.3, 0.4) is 0 Å². The van der Waals surface area contributed by atoms with Gasteiger partial charge in [0.05, 0.1) is 6.10 Å². The van der Waals surface area contributed by atoms with E-state index in [1.165, 1.54) is 0 Å². The van der Waals surface area contributed by atoms with Crippen LogP contribution in [-0.4, -0.2) is 11.2 Å². The van der Waals surface area contributed by atoms with Crippen LogP contribution in [0.5, 0.6) is 0 Å². The van der Waals surface area contributed by atoms with Crippen molar-refractivity contribution < 1.29 is 5.11 Å². The van der Waals surface area contributed by atoms with Gasteiger partial charge in [-0.2, -0.15) is 0 Å². The van der Waals surface area contributed by atoms with Gasteiger partial charge in [0, 0.05) is 0 Å². The van der Waals surface area contributed by atoms with Crippen LogP contribution in [0.4, 0.5) is 0 Å². The summed E-state index contributed by atoms with van der Waals surface area (Å²) in [5.74, 6) is 0.632. The summed E-state index contributed by atoms with van der Waals surface area (Å²) in [5.41, 5.74) is 0.346. The fourth-order valence-corrected chi connectivity index (χ4v) is 1.99. The van der Waals surface area contributed by atoms with Crippen LogP contribution in [0.25, 0.3) is 0 Å². The molecule has 0 aromatic rings. The number of aliphatic hydroxyl groups is 1. The highest BCUT2D eigenvalue weighted by Gasteiger charge is 2.52. The maximum atomic E-state index is 9.76. The molecule has 0 aromatic heterocycles. The molecule has 0 spiro atoms. The first-order chi connectivity index (χ1) is 5.80. The van der Waals surface area contributed by atoms with Crippen LogP contribution >= 0.6 is 0 Å². The standard InChI is InChI=1S/C10H20O.C2H6/c1-7-6-8(11)10(4,5)9(7,2)3;1-2/h7-8,11H,6H2,1-5H3;1-2H3. The van der Waals surface area contributed by atoms with Crippen LogP contribution < -0.4 is 0 Å². The lowest BCUT2D eigenvalue weighted by molar-refractivity contribution is 0.0148. The minimum Gasteiger partial charge on any atom is -0.393 e. The molecular formula is C12H26O. The molecule has 1 aliphatic carbocycles. The minimum atomic E-state index is -0.118. The first kappa shape index (κ1) is 13.0. The van der Waals surface area contributed by atoms with Crippen molar-refractivity contribution in [3.8, 4) is 0 Å². The summed E-state index contributed by atoms with van der Waals surface area (Å²) < 4.78 is 0. The van der Waals surface area contributed by atoms with Crippen molar-refractivity contribution in [3.05, 3.63) is 0 Å². The number of rotatable bonds is 0. The quantitative estimate of drug-likeness (QED) is 0.614. The van der Waals surface area contributed by atoms with E-state index in [1.54, 1.807) is 0 Å². The Hall–Kier alpha value is -0.0400. The lowest BCUT2D eigenvalue weighted by Crippen LogP contribution is -2.36. The van der Waals surface area contributed by atoms with Gasteiger partial charge in [0.1, 0.15) is 0 Å². The third-order valence-corrected chi connectivity index (χ3v) is 4.30. The molecule has 0 radical (unpaired) electrons. The van der Waals surface area contributed by atoms with E-state index < -0.39 is 0 Å². The topological polar surface area (TPSA) is 20.2 Å². The van der Waals surface area contributed by atoms with Crippen molar-refractivity contribution in [2.24, 2.45) is 16.7 Å². The molecule has 1 saturated carbocycles. The molecule has 0 aliphatic heterocycles. The van der Waals surface area contributed by atoms with Gasteiger partial charge in [-0.15, -0.1) is 0 Å². The van der Waals surface area contributed by atoms with E-state index in [-0.39, 0.29) is 16.9 Å².